The van der Waals surface area contributed by atoms with E-state index in [1.165, 1.54) is 12.1 Å². The van der Waals surface area contributed by atoms with Gasteiger partial charge in [0.1, 0.15) is 5.25 Å². The molecule has 3 aromatic carbocycles. The number of rotatable bonds is 5. The van der Waals surface area contributed by atoms with Crippen LogP contribution in [0.1, 0.15) is 16.4 Å². The molecule has 1 amide bonds. The number of thioether (sulfide) groups is 1. The molecular formula is C23H16F3N3O2S. The number of nitrogens with zero attached hydrogens (tertiary/aromatic N) is 1. The predicted octanol–water partition coefficient (Wildman–Crippen LogP) is 5.41. The lowest BCUT2D eigenvalue weighted by atomic mass is 10.1. The number of anilines is 1. The van der Waals surface area contributed by atoms with Crippen LogP contribution < -0.4 is 10.9 Å². The Morgan fingerprint density at radius 2 is 1.69 bits per heavy atom. The molecule has 5 nitrogen and oxygen atoms in total. The quantitative estimate of drug-likeness (QED) is 0.312. The number of hydrogen-bond acceptors (Lipinski definition) is 4. The number of para-hydroxylation sites is 1. The molecule has 162 valence electrons. The van der Waals surface area contributed by atoms with E-state index in [1.807, 2.05) is 0 Å². The SMILES string of the molecule is O=C(Nc1cccc(C(F)(F)F)c1)[C@@H](Sc1nc2ccccc2c(=O)[nH]1)c1ccccc1. The Bertz CT molecular complexity index is 1320. The Hall–Kier alpha value is -3.59. The summed E-state index contributed by atoms with van der Waals surface area (Å²) in [5.74, 6) is -0.545. The minimum absolute atomic E-state index is 0.0197. The second kappa shape index (κ2) is 8.88. The number of aromatic nitrogens is 2. The fourth-order valence-electron chi connectivity index (χ4n) is 3.11. The van der Waals surface area contributed by atoms with Gasteiger partial charge in [-0.3, -0.25) is 9.59 Å². The zero-order valence-electron chi connectivity index (χ0n) is 16.4. The third-order valence-electron chi connectivity index (χ3n) is 4.62. The van der Waals surface area contributed by atoms with Crippen molar-refractivity contribution in [3.8, 4) is 0 Å². The summed E-state index contributed by atoms with van der Waals surface area (Å²) in [5, 5.41) is 2.32. The molecular weight excluding hydrogens is 439 g/mol. The number of benzene rings is 3. The summed E-state index contributed by atoms with van der Waals surface area (Å²) in [5.41, 5.74) is -0.101. The largest absolute Gasteiger partial charge is 0.416 e. The van der Waals surface area contributed by atoms with Crippen LogP contribution in [0.4, 0.5) is 18.9 Å². The van der Waals surface area contributed by atoms with Crippen LogP contribution in [0.15, 0.2) is 88.8 Å². The number of carbonyl (C=O) groups excluding carboxylic acids is 1. The van der Waals surface area contributed by atoms with Crippen molar-refractivity contribution < 1.29 is 18.0 Å². The van der Waals surface area contributed by atoms with Gasteiger partial charge in [0, 0.05) is 5.69 Å². The molecule has 4 rings (SSSR count). The molecule has 0 fully saturated rings. The smallest absolute Gasteiger partial charge is 0.325 e. The first-order valence-corrected chi connectivity index (χ1v) is 10.4. The second-order valence-electron chi connectivity index (χ2n) is 6.86. The van der Waals surface area contributed by atoms with Gasteiger partial charge in [-0.2, -0.15) is 13.2 Å². The number of carbonyl (C=O) groups is 1. The Morgan fingerprint density at radius 1 is 0.969 bits per heavy atom. The standard InChI is InChI=1S/C23H16F3N3O2S/c24-23(25,26)15-9-6-10-16(13-15)27-21(31)19(14-7-2-1-3-8-14)32-22-28-18-12-5-4-11-17(18)20(30)29-22/h1-13,19H,(H,27,31)(H,28,29,30)/t19-/m0/s1. The zero-order valence-corrected chi connectivity index (χ0v) is 17.2. The molecule has 0 saturated carbocycles. The molecule has 0 aliphatic rings. The molecule has 0 unspecified atom stereocenters. The molecule has 0 aliphatic carbocycles. The van der Waals surface area contributed by atoms with Gasteiger partial charge in [-0.25, -0.2) is 4.98 Å². The topological polar surface area (TPSA) is 74.8 Å². The van der Waals surface area contributed by atoms with Crippen LogP contribution in [-0.2, 0) is 11.0 Å². The fraction of sp³-hybridized carbons (Fsp3) is 0.0870. The first kappa shape index (κ1) is 21.6. The van der Waals surface area contributed by atoms with E-state index in [-0.39, 0.29) is 16.4 Å². The first-order chi connectivity index (χ1) is 15.3. The molecule has 2 N–H and O–H groups in total. The highest BCUT2D eigenvalue weighted by molar-refractivity contribution is 8.00. The van der Waals surface area contributed by atoms with E-state index in [0.29, 0.717) is 16.5 Å². The first-order valence-electron chi connectivity index (χ1n) is 9.50. The van der Waals surface area contributed by atoms with Gasteiger partial charge >= 0.3 is 6.18 Å². The van der Waals surface area contributed by atoms with Crippen LogP contribution in [0.3, 0.4) is 0 Å². The summed E-state index contributed by atoms with van der Waals surface area (Å²) < 4.78 is 39.1. The lowest BCUT2D eigenvalue weighted by Crippen LogP contribution is -2.20. The number of alkyl halides is 3. The van der Waals surface area contributed by atoms with Crippen molar-refractivity contribution in [2.45, 2.75) is 16.6 Å². The van der Waals surface area contributed by atoms with Crippen molar-refractivity contribution in [3.05, 3.63) is 100 Å². The average Bonchev–Trinajstić information content (AvgIpc) is 2.78. The summed E-state index contributed by atoms with van der Waals surface area (Å²) in [6.45, 7) is 0. The maximum atomic E-state index is 13.1. The van der Waals surface area contributed by atoms with Gasteiger partial charge in [0.05, 0.1) is 16.5 Å². The third kappa shape index (κ3) is 4.83. The monoisotopic (exact) mass is 455 g/mol. The van der Waals surface area contributed by atoms with Crippen molar-refractivity contribution in [1.82, 2.24) is 9.97 Å². The minimum atomic E-state index is -4.52. The molecule has 0 saturated heterocycles. The molecule has 4 aromatic rings. The van der Waals surface area contributed by atoms with Gasteiger partial charge in [-0.1, -0.05) is 60.3 Å². The summed E-state index contributed by atoms with van der Waals surface area (Å²) in [6.07, 6.45) is -4.52. The summed E-state index contributed by atoms with van der Waals surface area (Å²) in [6, 6.07) is 20.0. The van der Waals surface area contributed by atoms with Crippen LogP contribution in [-0.4, -0.2) is 15.9 Å². The van der Waals surface area contributed by atoms with Gasteiger partial charge in [0.25, 0.3) is 5.56 Å². The average molecular weight is 455 g/mol. The van der Waals surface area contributed by atoms with Crippen molar-refractivity contribution in [2.75, 3.05) is 5.32 Å². The van der Waals surface area contributed by atoms with E-state index in [1.54, 1.807) is 54.6 Å². The van der Waals surface area contributed by atoms with E-state index in [4.69, 9.17) is 0 Å². The molecule has 0 radical (unpaired) electrons. The van der Waals surface area contributed by atoms with Gasteiger partial charge in [0.2, 0.25) is 5.91 Å². The van der Waals surface area contributed by atoms with Gasteiger partial charge < -0.3 is 10.3 Å². The Kier molecular flexibility index (Phi) is 6.00. The van der Waals surface area contributed by atoms with Gasteiger partial charge in [-0.15, -0.1) is 0 Å². The highest BCUT2D eigenvalue weighted by Crippen LogP contribution is 2.35. The van der Waals surface area contributed by atoms with E-state index in [9.17, 15) is 22.8 Å². The Balaban J connectivity index is 1.66. The summed E-state index contributed by atoms with van der Waals surface area (Å²) in [7, 11) is 0. The van der Waals surface area contributed by atoms with Crippen LogP contribution >= 0.6 is 11.8 Å². The molecule has 1 atom stereocenters. The van der Waals surface area contributed by atoms with Crippen LogP contribution in [0.25, 0.3) is 10.9 Å². The van der Waals surface area contributed by atoms with Crippen molar-refractivity contribution in [2.24, 2.45) is 0 Å². The Morgan fingerprint density at radius 3 is 2.44 bits per heavy atom. The second-order valence-corrected chi connectivity index (χ2v) is 7.96. The van der Waals surface area contributed by atoms with Crippen LogP contribution in [0.5, 0.6) is 0 Å². The Labute approximate surface area is 184 Å². The molecule has 9 heteroatoms. The molecule has 0 aliphatic heterocycles. The maximum Gasteiger partial charge on any atom is 0.416 e. The minimum Gasteiger partial charge on any atom is -0.325 e. The molecule has 0 bridgehead atoms. The van der Waals surface area contributed by atoms with Crippen LogP contribution in [0, 0.1) is 0 Å². The third-order valence-corrected chi connectivity index (χ3v) is 5.76. The normalized spacial score (nSPS) is 12.5. The van der Waals surface area contributed by atoms with Crippen molar-refractivity contribution in [3.63, 3.8) is 0 Å². The van der Waals surface area contributed by atoms with Crippen LogP contribution in [0.2, 0.25) is 0 Å². The number of nitrogens with one attached hydrogen (secondary N) is 2. The molecule has 32 heavy (non-hydrogen) atoms. The highest BCUT2D eigenvalue weighted by Gasteiger charge is 2.31. The zero-order chi connectivity index (χ0) is 22.7. The highest BCUT2D eigenvalue weighted by atomic mass is 32.2. The molecule has 1 aromatic heterocycles. The number of aromatic amines is 1. The maximum absolute atomic E-state index is 13.1. The summed E-state index contributed by atoms with van der Waals surface area (Å²) >= 11 is 1.01. The number of H-pyrrole nitrogens is 1. The lowest BCUT2D eigenvalue weighted by molar-refractivity contribution is -0.137. The van der Waals surface area contributed by atoms with Gasteiger partial charge in [0.15, 0.2) is 5.16 Å². The van der Waals surface area contributed by atoms with E-state index in [2.05, 4.69) is 15.3 Å². The predicted molar refractivity (Wildman–Crippen MR) is 117 cm³/mol. The van der Waals surface area contributed by atoms with Gasteiger partial charge in [-0.05, 0) is 35.9 Å². The van der Waals surface area contributed by atoms with Crippen molar-refractivity contribution >= 4 is 34.3 Å². The fourth-order valence-corrected chi connectivity index (χ4v) is 4.10. The summed E-state index contributed by atoms with van der Waals surface area (Å²) in [4.78, 5) is 32.6. The van der Waals surface area contributed by atoms with E-state index < -0.39 is 22.9 Å². The van der Waals surface area contributed by atoms with E-state index >= 15 is 0 Å². The number of amides is 1. The number of hydrogen-bond donors (Lipinski definition) is 2. The van der Waals surface area contributed by atoms with E-state index in [0.717, 1.165) is 23.9 Å². The lowest BCUT2D eigenvalue weighted by Gasteiger charge is -2.17. The number of halogens is 3. The number of fused-ring (bicyclic) bond motifs is 1. The molecule has 1 heterocycles. The van der Waals surface area contributed by atoms with Crippen molar-refractivity contribution in [1.29, 1.82) is 0 Å². The molecule has 0 spiro atoms.